The molecule has 0 fully saturated rings. The number of hydrogen-bond acceptors (Lipinski definition) is 3. The molecule has 4 nitrogen and oxygen atoms in total. The van der Waals surface area contributed by atoms with Gasteiger partial charge in [-0.05, 0) is 41.8 Å². The first-order chi connectivity index (χ1) is 9.04. The molecular weight excluding hydrogens is 353 g/mol. The number of aromatic nitrogens is 2. The Hall–Kier alpha value is -1.21. The van der Waals surface area contributed by atoms with E-state index in [4.69, 9.17) is 0 Å². The lowest BCUT2D eigenvalue weighted by Gasteiger charge is -2.14. The highest BCUT2D eigenvalue weighted by atomic mass is 127. The molecule has 0 aliphatic rings. The van der Waals surface area contributed by atoms with Gasteiger partial charge in [-0.2, -0.15) is 5.10 Å². The normalized spacial score (nSPS) is 10.9. The number of aryl methyl sites for hydroxylation is 1. The average Bonchev–Trinajstić information content (AvgIpc) is 2.75. The lowest BCUT2D eigenvalue weighted by atomic mass is 10.1. The summed E-state index contributed by atoms with van der Waals surface area (Å²) in [6.45, 7) is 1.14. The second kappa shape index (κ2) is 6.29. The predicted octanol–water partition coefficient (Wildman–Crippen LogP) is 2.34. The summed E-state index contributed by atoms with van der Waals surface area (Å²) in [5.41, 5.74) is 1.87. The molecule has 2 aromatic rings. The van der Waals surface area contributed by atoms with E-state index >= 15 is 0 Å². The van der Waals surface area contributed by atoms with Crippen LogP contribution in [-0.2, 0) is 13.6 Å². The molecule has 0 aliphatic heterocycles. The van der Waals surface area contributed by atoms with Gasteiger partial charge in [0.15, 0.2) is 5.78 Å². The molecule has 1 heterocycles. The summed E-state index contributed by atoms with van der Waals surface area (Å²) < 4.78 is 2.90. The maximum absolute atomic E-state index is 12.1. The number of carbonyl (C=O) groups is 1. The number of Topliss-reactive ketones (excluding diaryl/α,β-unsaturated/α-hetero) is 1. The van der Waals surface area contributed by atoms with Gasteiger partial charge in [0.1, 0.15) is 0 Å². The minimum Gasteiger partial charge on any atom is -0.294 e. The van der Waals surface area contributed by atoms with Crippen molar-refractivity contribution in [2.24, 2.45) is 7.05 Å². The van der Waals surface area contributed by atoms with E-state index < -0.39 is 0 Å². The van der Waals surface area contributed by atoms with E-state index in [-0.39, 0.29) is 5.78 Å². The highest BCUT2D eigenvalue weighted by molar-refractivity contribution is 14.1. The van der Waals surface area contributed by atoms with Crippen LogP contribution in [0.25, 0.3) is 0 Å². The van der Waals surface area contributed by atoms with E-state index in [1.807, 2.05) is 55.7 Å². The van der Waals surface area contributed by atoms with Crippen LogP contribution in [0.4, 0.5) is 0 Å². The van der Waals surface area contributed by atoms with Gasteiger partial charge >= 0.3 is 0 Å². The number of carbonyl (C=O) groups excluding carboxylic acids is 1. The topological polar surface area (TPSA) is 38.1 Å². The molecule has 0 saturated heterocycles. The van der Waals surface area contributed by atoms with Crippen LogP contribution in [0.2, 0.25) is 0 Å². The molecule has 0 atom stereocenters. The van der Waals surface area contributed by atoms with Crippen LogP contribution in [0.5, 0.6) is 0 Å². The Bertz CT molecular complexity index is 562. The van der Waals surface area contributed by atoms with Crippen LogP contribution in [0.3, 0.4) is 0 Å². The molecule has 0 unspecified atom stereocenters. The van der Waals surface area contributed by atoms with Crippen molar-refractivity contribution in [3.05, 3.63) is 51.4 Å². The Morgan fingerprint density at radius 2 is 2.05 bits per heavy atom. The molecule has 0 N–H and O–H groups in total. The highest BCUT2D eigenvalue weighted by Gasteiger charge is 2.10. The fourth-order valence-electron chi connectivity index (χ4n) is 1.89. The quantitative estimate of drug-likeness (QED) is 0.600. The third-order valence-electron chi connectivity index (χ3n) is 2.79. The summed E-state index contributed by atoms with van der Waals surface area (Å²) in [7, 11) is 3.83. The third-order valence-corrected chi connectivity index (χ3v) is 3.51. The Kier molecular flexibility index (Phi) is 4.71. The fourth-order valence-corrected chi connectivity index (χ4v) is 2.25. The van der Waals surface area contributed by atoms with Gasteiger partial charge in [0.2, 0.25) is 0 Å². The summed E-state index contributed by atoms with van der Waals surface area (Å²) >= 11 is 2.23. The average molecular weight is 369 g/mol. The molecule has 1 aromatic heterocycles. The summed E-state index contributed by atoms with van der Waals surface area (Å²) in [6, 6.07) is 7.66. The van der Waals surface area contributed by atoms with Crippen molar-refractivity contribution in [2.75, 3.05) is 13.6 Å². The minimum absolute atomic E-state index is 0.141. The van der Waals surface area contributed by atoms with Crippen molar-refractivity contribution in [1.82, 2.24) is 14.7 Å². The van der Waals surface area contributed by atoms with E-state index in [9.17, 15) is 4.79 Å². The van der Waals surface area contributed by atoms with Gasteiger partial charge in [0.25, 0.3) is 0 Å². The number of ketones is 1. The first-order valence-corrected chi connectivity index (χ1v) is 7.07. The summed E-state index contributed by atoms with van der Waals surface area (Å²) in [6.07, 6.45) is 3.79. The van der Waals surface area contributed by atoms with E-state index in [0.717, 1.165) is 21.2 Å². The molecule has 0 saturated carbocycles. The summed E-state index contributed by atoms with van der Waals surface area (Å²) in [5, 5.41) is 4.12. The Morgan fingerprint density at radius 1 is 1.37 bits per heavy atom. The first-order valence-electron chi connectivity index (χ1n) is 5.99. The molecular formula is C14H16IN3O. The largest absolute Gasteiger partial charge is 0.294 e. The summed E-state index contributed by atoms with van der Waals surface area (Å²) in [4.78, 5) is 14.1. The second-order valence-electron chi connectivity index (χ2n) is 4.62. The number of benzene rings is 1. The van der Waals surface area contributed by atoms with E-state index in [0.29, 0.717) is 6.54 Å². The van der Waals surface area contributed by atoms with Gasteiger partial charge in [-0.25, -0.2) is 0 Å². The fraction of sp³-hybridized carbons (Fsp3) is 0.286. The number of likely N-dealkylation sites (N-methyl/N-ethyl adjacent to an activating group) is 1. The number of rotatable bonds is 5. The molecule has 2 rings (SSSR count). The van der Waals surface area contributed by atoms with E-state index in [2.05, 4.69) is 27.7 Å². The van der Waals surface area contributed by atoms with Crippen molar-refractivity contribution in [2.45, 2.75) is 6.54 Å². The summed E-state index contributed by atoms with van der Waals surface area (Å²) in [5.74, 6) is 0.141. The lowest BCUT2D eigenvalue weighted by Crippen LogP contribution is -2.25. The molecule has 19 heavy (non-hydrogen) atoms. The molecule has 5 heteroatoms. The SMILES string of the molecule is CN(CC(=O)c1ccc(I)cc1)Cc1cnn(C)c1. The monoisotopic (exact) mass is 369 g/mol. The van der Waals surface area contributed by atoms with Crippen molar-refractivity contribution < 1.29 is 4.79 Å². The lowest BCUT2D eigenvalue weighted by molar-refractivity contribution is 0.0943. The number of nitrogens with zero attached hydrogens (tertiary/aromatic N) is 3. The molecule has 0 amide bonds. The minimum atomic E-state index is 0.141. The molecule has 0 spiro atoms. The predicted molar refractivity (Wildman–Crippen MR) is 83.0 cm³/mol. The zero-order valence-electron chi connectivity index (χ0n) is 11.0. The molecule has 0 aliphatic carbocycles. The van der Waals surface area contributed by atoms with Crippen LogP contribution < -0.4 is 0 Å². The smallest absolute Gasteiger partial charge is 0.176 e. The van der Waals surface area contributed by atoms with Crippen LogP contribution in [0, 0.1) is 3.57 Å². The van der Waals surface area contributed by atoms with Gasteiger partial charge in [-0.1, -0.05) is 12.1 Å². The number of hydrogen-bond donors (Lipinski definition) is 0. The second-order valence-corrected chi connectivity index (χ2v) is 5.87. The van der Waals surface area contributed by atoms with Crippen molar-refractivity contribution >= 4 is 28.4 Å². The van der Waals surface area contributed by atoms with Gasteiger partial charge in [0, 0.05) is 34.5 Å². The van der Waals surface area contributed by atoms with Crippen LogP contribution in [-0.4, -0.2) is 34.1 Å². The van der Waals surface area contributed by atoms with Gasteiger partial charge in [-0.15, -0.1) is 0 Å². The molecule has 0 radical (unpaired) electrons. The molecule has 100 valence electrons. The van der Waals surface area contributed by atoms with Gasteiger partial charge in [-0.3, -0.25) is 14.4 Å². The van der Waals surface area contributed by atoms with E-state index in [1.165, 1.54) is 0 Å². The van der Waals surface area contributed by atoms with Crippen LogP contribution in [0.1, 0.15) is 15.9 Å². The maximum atomic E-state index is 12.1. The Morgan fingerprint density at radius 3 is 2.63 bits per heavy atom. The zero-order chi connectivity index (χ0) is 13.8. The van der Waals surface area contributed by atoms with E-state index in [1.54, 1.807) is 4.68 Å². The molecule has 1 aromatic carbocycles. The zero-order valence-corrected chi connectivity index (χ0v) is 13.2. The third kappa shape index (κ3) is 4.14. The standard InChI is InChI=1S/C14H16IN3O/c1-17(8-11-7-16-18(2)9-11)10-14(19)12-3-5-13(15)6-4-12/h3-7,9H,8,10H2,1-2H3. The maximum Gasteiger partial charge on any atom is 0.176 e. The van der Waals surface area contributed by atoms with Crippen LogP contribution >= 0.6 is 22.6 Å². The van der Waals surface area contributed by atoms with Gasteiger partial charge in [0.05, 0.1) is 12.7 Å². The van der Waals surface area contributed by atoms with Crippen molar-refractivity contribution in [3.63, 3.8) is 0 Å². The Labute approximate surface area is 126 Å². The Balaban J connectivity index is 1.93. The van der Waals surface area contributed by atoms with Gasteiger partial charge < -0.3 is 0 Å². The van der Waals surface area contributed by atoms with Crippen molar-refractivity contribution in [1.29, 1.82) is 0 Å². The van der Waals surface area contributed by atoms with Crippen molar-refractivity contribution in [3.8, 4) is 0 Å². The molecule has 0 bridgehead atoms. The first kappa shape index (κ1) is 14.2. The highest BCUT2D eigenvalue weighted by Crippen LogP contribution is 2.09. The number of halogens is 1. The van der Waals surface area contributed by atoms with Crippen LogP contribution in [0.15, 0.2) is 36.7 Å².